The molecule has 7 nitrogen and oxygen atoms in total. The number of nitrogens with zero attached hydrogens (tertiary/aromatic N) is 5. The van der Waals surface area contributed by atoms with Gasteiger partial charge >= 0.3 is 0 Å². The Morgan fingerprint density at radius 1 is 1.07 bits per heavy atom. The summed E-state index contributed by atoms with van der Waals surface area (Å²) in [6, 6.07) is 5.94. The number of pyridine rings is 1. The fourth-order valence-electron chi connectivity index (χ4n) is 4.45. The van der Waals surface area contributed by atoms with Crippen LogP contribution in [-0.2, 0) is 11.2 Å². The van der Waals surface area contributed by atoms with Gasteiger partial charge in [-0.3, -0.25) is 9.78 Å². The summed E-state index contributed by atoms with van der Waals surface area (Å²) in [5.41, 5.74) is 0.683. The van der Waals surface area contributed by atoms with Crippen molar-refractivity contribution in [1.29, 1.82) is 0 Å². The third-order valence-electron chi connectivity index (χ3n) is 6.03. The number of hydrogen-bond acceptors (Lipinski definition) is 6. The Bertz CT molecular complexity index is 771. The van der Waals surface area contributed by atoms with Crippen molar-refractivity contribution in [3.63, 3.8) is 0 Å². The molecular formula is C22H31N5O2. The summed E-state index contributed by atoms with van der Waals surface area (Å²) in [4.78, 5) is 26.3. The van der Waals surface area contributed by atoms with E-state index in [1.54, 1.807) is 6.20 Å². The van der Waals surface area contributed by atoms with Crippen molar-refractivity contribution in [2.45, 2.75) is 63.8 Å². The van der Waals surface area contributed by atoms with Crippen LogP contribution < -0.4 is 0 Å². The van der Waals surface area contributed by atoms with Gasteiger partial charge in [0.15, 0.2) is 0 Å². The van der Waals surface area contributed by atoms with E-state index in [1.807, 2.05) is 18.2 Å². The van der Waals surface area contributed by atoms with Crippen molar-refractivity contribution >= 4 is 5.91 Å². The summed E-state index contributed by atoms with van der Waals surface area (Å²) in [5, 5.41) is 4.00. The van der Waals surface area contributed by atoms with Crippen LogP contribution in [0.3, 0.4) is 0 Å². The second kappa shape index (κ2) is 9.96. The van der Waals surface area contributed by atoms with Crippen molar-refractivity contribution in [1.82, 2.24) is 24.9 Å². The molecule has 29 heavy (non-hydrogen) atoms. The highest BCUT2D eigenvalue weighted by atomic mass is 16.5. The zero-order chi connectivity index (χ0) is 19.9. The molecule has 0 aromatic carbocycles. The first-order valence-corrected chi connectivity index (χ1v) is 11.1. The van der Waals surface area contributed by atoms with Crippen LogP contribution in [0.5, 0.6) is 0 Å². The van der Waals surface area contributed by atoms with Crippen molar-refractivity contribution in [3.8, 4) is 11.5 Å². The third-order valence-corrected chi connectivity index (χ3v) is 6.03. The van der Waals surface area contributed by atoms with Crippen LogP contribution >= 0.6 is 0 Å². The van der Waals surface area contributed by atoms with E-state index in [9.17, 15) is 4.79 Å². The number of carbonyl (C=O) groups is 1. The summed E-state index contributed by atoms with van der Waals surface area (Å²) in [6.07, 6.45) is 11.3. The molecule has 4 rings (SSSR count). The molecule has 2 aliphatic rings. The van der Waals surface area contributed by atoms with Crippen LogP contribution in [-0.4, -0.2) is 63.1 Å². The van der Waals surface area contributed by atoms with E-state index in [1.165, 1.54) is 45.2 Å². The lowest BCUT2D eigenvalue weighted by Gasteiger charge is -2.38. The number of likely N-dealkylation sites (tertiary alicyclic amines) is 2. The lowest BCUT2D eigenvalue weighted by molar-refractivity contribution is -0.135. The second-order valence-corrected chi connectivity index (χ2v) is 8.18. The van der Waals surface area contributed by atoms with Gasteiger partial charge in [0.2, 0.25) is 17.6 Å². The molecular weight excluding hydrogens is 366 g/mol. The standard InChI is InChI=1S/C22H31N5O2/c28-21(12-11-20-24-22(25-29-20)19-10-3-5-13-23-19)27-16-8-4-9-18(27)17-26-14-6-1-2-7-15-26/h3,5,10,13,18H,1-2,4,6-9,11-12,14-17H2. The first-order chi connectivity index (χ1) is 14.3. The quantitative estimate of drug-likeness (QED) is 0.744. The smallest absolute Gasteiger partial charge is 0.227 e. The van der Waals surface area contributed by atoms with Crippen LogP contribution in [0, 0.1) is 0 Å². The Morgan fingerprint density at radius 2 is 1.90 bits per heavy atom. The lowest BCUT2D eigenvalue weighted by atomic mass is 10.0. The molecule has 2 saturated heterocycles. The number of amides is 1. The van der Waals surface area contributed by atoms with E-state index in [-0.39, 0.29) is 5.91 Å². The Labute approximate surface area is 172 Å². The van der Waals surface area contributed by atoms with Crippen LogP contribution in [0.15, 0.2) is 28.9 Å². The molecule has 2 aromatic rings. The lowest BCUT2D eigenvalue weighted by Crippen LogP contribution is -2.49. The van der Waals surface area contributed by atoms with Crippen LogP contribution in [0.4, 0.5) is 0 Å². The molecule has 7 heteroatoms. The molecule has 2 aromatic heterocycles. The molecule has 0 spiro atoms. The van der Waals surface area contributed by atoms with Gasteiger partial charge in [-0.1, -0.05) is 24.1 Å². The van der Waals surface area contributed by atoms with Crippen molar-refractivity contribution in [3.05, 3.63) is 30.3 Å². The first kappa shape index (κ1) is 20.0. The highest BCUT2D eigenvalue weighted by molar-refractivity contribution is 5.76. The van der Waals surface area contributed by atoms with Crippen LogP contribution in [0.1, 0.15) is 57.3 Å². The Kier molecular flexibility index (Phi) is 6.87. The molecule has 0 N–H and O–H groups in total. The zero-order valence-corrected chi connectivity index (χ0v) is 17.1. The van der Waals surface area contributed by atoms with E-state index in [0.717, 1.165) is 25.9 Å². The average Bonchev–Trinajstić information content (AvgIpc) is 3.10. The van der Waals surface area contributed by atoms with E-state index in [4.69, 9.17) is 4.52 Å². The van der Waals surface area contributed by atoms with Crippen LogP contribution in [0.2, 0.25) is 0 Å². The van der Waals surface area contributed by atoms with Crippen LogP contribution in [0.25, 0.3) is 11.5 Å². The molecule has 0 bridgehead atoms. The molecule has 0 radical (unpaired) electrons. The van der Waals surface area contributed by atoms with Gasteiger partial charge in [0, 0.05) is 38.2 Å². The van der Waals surface area contributed by atoms with Crippen molar-refractivity contribution < 1.29 is 9.32 Å². The molecule has 4 heterocycles. The topological polar surface area (TPSA) is 75.4 Å². The molecule has 156 valence electrons. The van der Waals surface area contributed by atoms with Gasteiger partial charge in [0.25, 0.3) is 0 Å². The van der Waals surface area contributed by atoms with Gasteiger partial charge in [0.05, 0.1) is 0 Å². The fourth-order valence-corrected chi connectivity index (χ4v) is 4.45. The number of carbonyl (C=O) groups excluding carboxylic acids is 1. The SMILES string of the molecule is O=C(CCc1nc(-c2ccccn2)no1)N1CCCCC1CN1CCCCCC1. The molecule has 2 fully saturated rings. The normalized spacial score (nSPS) is 21.1. The van der Waals surface area contributed by atoms with E-state index in [2.05, 4.69) is 24.9 Å². The van der Waals surface area contributed by atoms with Crippen molar-refractivity contribution in [2.24, 2.45) is 0 Å². The molecule has 0 saturated carbocycles. The number of aryl methyl sites for hydroxylation is 1. The molecule has 2 aliphatic heterocycles. The Balaban J connectivity index is 1.32. The zero-order valence-electron chi connectivity index (χ0n) is 17.1. The molecule has 1 amide bonds. The molecule has 1 unspecified atom stereocenters. The minimum absolute atomic E-state index is 0.210. The summed E-state index contributed by atoms with van der Waals surface area (Å²) in [6.45, 7) is 4.25. The van der Waals surface area contributed by atoms with E-state index < -0.39 is 0 Å². The third kappa shape index (κ3) is 5.41. The minimum Gasteiger partial charge on any atom is -0.339 e. The predicted octanol–water partition coefficient (Wildman–Crippen LogP) is 3.32. The Hall–Kier alpha value is -2.28. The molecule has 1 atom stereocenters. The second-order valence-electron chi connectivity index (χ2n) is 8.18. The number of rotatable bonds is 6. The van der Waals surface area contributed by atoms with Gasteiger partial charge in [-0.2, -0.15) is 4.98 Å². The highest BCUT2D eigenvalue weighted by Crippen LogP contribution is 2.21. The largest absolute Gasteiger partial charge is 0.339 e. The monoisotopic (exact) mass is 397 g/mol. The van der Waals surface area contributed by atoms with Gasteiger partial charge in [-0.25, -0.2) is 0 Å². The summed E-state index contributed by atoms with van der Waals surface area (Å²) in [7, 11) is 0. The summed E-state index contributed by atoms with van der Waals surface area (Å²) < 4.78 is 5.34. The van der Waals surface area contributed by atoms with Gasteiger partial charge < -0.3 is 14.3 Å². The maximum absolute atomic E-state index is 13.0. The van der Waals surface area contributed by atoms with Gasteiger partial charge in [-0.05, 0) is 57.3 Å². The summed E-state index contributed by atoms with van der Waals surface area (Å²) in [5.74, 6) is 1.19. The maximum atomic E-state index is 13.0. The number of piperidine rings is 1. The van der Waals surface area contributed by atoms with Crippen molar-refractivity contribution in [2.75, 3.05) is 26.2 Å². The maximum Gasteiger partial charge on any atom is 0.227 e. The van der Waals surface area contributed by atoms with Gasteiger partial charge in [0.1, 0.15) is 5.69 Å². The average molecular weight is 398 g/mol. The number of aromatic nitrogens is 3. The number of hydrogen-bond donors (Lipinski definition) is 0. The first-order valence-electron chi connectivity index (χ1n) is 11.1. The highest BCUT2D eigenvalue weighted by Gasteiger charge is 2.28. The molecule has 0 aliphatic carbocycles. The minimum atomic E-state index is 0.210. The van der Waals surface area contributed by atoms with E-state index >= 15 is 0 Å². The van der Waals surface area contributed by atoms with E-state index in [0.29, 0.717) is 36.3 Å². The summed E-state index contributed by atoms with van der Waals surface area (Å²) >= 11 is 0. The fraction of sp³-hybridized carbons (Fsp3) is 0.636. The van der Waals surface area contributed by atoms with Gasteiger partial charge in [-0.15, -0.1) is 0 Å². The predicted molar refractivity (Wildman–Crippen MR) is 110 cm³/mol. The Morgan fingerprint density at radius 3 is 2.69 bits per heavy atom.